The highest BCUT2D eigenvalue weighted by molar-refractivity contribution is 5.94. The van der Waals surface area contributed by atoms with Crippen LogP contribution >= 0.6 is 0 Å². The van der Waals surface area contributed by atoms with E-state index in [1.165, 1.54) is 6.07 Å². The number of hydrogen-bond acceptors (Lipinski definition) is 4. The second-order valence-corrected chi connectivity index (χ2v) is 3.11. The zero-order valence-corrected chi connectivity index (χ0v) is 7.73. The first-order chi connectivity index (χ1) is 7.13. The van der Waals surface area contributed by atoms with Crippen molar-refractivity contribution in [1.29, 1.82) is 0 Å². The molecular formula is C10H9NO4. The highest BCUT2D eigenvalue weighted by Crippen LogP contribution is 2.31. The molecule has 5 nitrogen and oxygen atoms in total. The van der Waals surface area contributed by atoms with Gasteiger partial charge in [-0.3, -0.25) is 0 Å². The molecule has 0 saturated carbocycles. The topological polar surface area (TPSA) is 96.7 Å². The van der Waals surface area contributed by atoms with Gasteiger partial charge in [0, 0.05) is 18.2 Å². The largest absolute Gasteiger partial charge is 0.507 e. The number of rotatable bonds is 2. The van der Waals surface area contributed by atoms with Crippen molar-refractivity contribution in [1.82, 2.24) is 0 Å². The van der Waals surface area contributed by atoms with E-state index in [0.717, 1.165) is 0 Å². The molecule has 0 aliphatic carbocycles. The molecule has 1 aromatic heterocycles. The maximum absolute atomic E-state index is 10.6. The highest BCUT2D eigenvalue weighted by Gasteiger charge is 2.14. The van der Waals surface area contributed by atoms with E-state index < -0.39 is 5.97 Å². The van der Waals surface area contributed by atoms with Crippen LogP contribution in [0.25, 0.3) is 11.0 Å². The Morgan fingerprint density at radius 3 is 2.80 bits per heavy atom. The van der Waals surface area contributed by atoms with E-state index in [0.29, 0.717) is 16.5 Å². The first-order valence-electron chi connectivity index (χ1n) is 4.31. The number of carboxylic acids is 1. The fraction of sp³-hybridized carbons (Fsp3) is 0.100. The van der Waals surface area contributed by atoms with Crippen LogP contribution in [-0.4, -0.2) is 16.2 Å². The molecule has 2 rings (SSSR count). The summed E-state index contributed by atoms with van der Waals surface area (Å²) in [7, 11) is 0. The Labute approximate surface area is 84.7 Å². The van der Waals surface area contributed by atoms with Crippen molar-refractivity contribution in [3.05, 3.63) is 29.5 Å². The molecule has 0 fully saturated rings. The fourth-order valence-electron chi connectivity index (χ4n) is 1.41. The molecule has 0 aliphatic rings. The lowest BCUT2D eigenvalue weighted by Gasteiger charge is -2.00. The van der Waals surface area contributed by atoms with Crippen molar-refractivity contribution in [2.24, 2.45) is 5.73 Å². The van der Waals surface area contributed by atoms with Gasteiger partial charge in [0.25, 0.3) is 0 Å². The van der Waals surface area contributed by atoms with Crippen LogP contribution in [0.15, 0.2) is 22.6 Å². The first kappa shape index (κ1) is 9.54. The number of benzene rings is 1. The maximum Gasteiger partial charge on any atom is 0.371 e. The van der Waals surface area contributed by atoms with Gasteiger partial charge in [0.05, 0.1) is 5.39 Å². The van der Waals surface area contributed by atoms with Crippen LogP contribution < -0.4 is 5.73 Å². The third-order valence-corrected chi connectivity index (χ3v) is 2.19. The molecule has 78 valence electrons. The molecule has 0 amide bonds. The Morgan fingerprint density at radius 1 is 1.47 bits per heavy atom. The van der Waals surface area contributed by atoms with Crippen molar-refractivity contribution < 1.29 is 19.4 Å². The van der Waals surface area contributed by atoms with Crippen molar-refractivity contribution in [3.63, 3.8) is 0 Å². The van der Waals surface area contributed by atoms with Gasteiger partial charge in [-0.15, -0.1) is 0 Å². The van der Waals surface area contributed by atoms with Gasteiger partial charge < -0.3 is 20.4 Å². The molecule has 0 saturated heterocycles. The summed E-state index contributed by atoms with van der Waals surface area (Å²) < 4.78 is 5.01. The molecule has 0 spiro atoms. The van der Waals surface area contributed by atoms with E-state index in [4.69, 9.17) is 15.3 Å². The second kappa shape index (κ2) is 3.29. The number of aromatic carboxylic acids is 1. The van der Waals surface area contributed by atoms with Crippen LogP contribution in [0.1, 0.15) is 16.1 Å². The Balaban J connectivity index is 2.71. The zero-order valence-electron chi connectivity index (χ0n) is 7.73. The van der Waals surface area contributed by atoms with Gasteiger partial charge in [-0.25, -0.2) is 4.79 Å². The van der Waals surface area contributed by atoms with E-state index in [2.05, 4.69) is 0 Å². The Bertz CT molecular complexity index is 529. The van der Waals surface area contributed by atoms with Crippen LogP contribution in [0.2, 0.25) is 0 Å². The Kier molecular flexibility index (Phi) is 2.09. The zero-order chi connectivity index (χ0) is 11.0. The minimum atomic E-state index is -1.17. The maximum atomic E-state index is 10.6. The summed E-state index contributed by atoms with van der Waals surface area (Å²) in [6, 6.07) is 4.47. The normalized spacial score (nSPS) is 10.7. The third-order valence-electron chi connectivity index (χ3n) is 2.19. The number of phenols is 1. The van der Waals surface area contributed by atoms with Crippen LogP contribution in [0.4, 0.5) is 0 Å². The quantitative estimate of drug-likeness (QED) is 0.689. The first-order valence-corrected chi connectivity index (χ1v) is 4.31. The molecule has 0 aliphatic heterocycles. The average molecular weight is 207 g/mol. The summed E-state index contributed by atoms with van der Waals surface area (Å²) in [6.07, 6.45) is 0. The van der Waals surface area contributed by atoms with Crippen molar-refractivity contribution >= 4 is 16.9 Å². The number of hydrogen-bond donors (Lipinski definition) is 3. The predicted molar refractivity (Wildman–Crippen MR) is 52.7 cm³/mol. The number of furan rings is 1. The fourth-order valence-corrected chi connectivity index (χ4v) is 1.41. The molecular weight excluding hydrogens is 198 g/mol. The SMILES string of the molecule is NCc1ccc2oc(C(=O)O)cc2c1O. The van der Waals surface area contributed by atoms with Gasteiger partial charge in [-0.05, 0) is 6.07 Å². The standard InChI is InChI=1S/C10H9NO4/c11-4-5-1-2-7-6(9(5)12)3-8(15-7)10(13)14/h1-3,12H,4,11H2,(H,13,14). The molecule has 15 heavy (non-hydrogen) atoms. The van der Waals surface area contributed by atoms with Gasteiger partial charge in [-0.1, -0.05) is 6.07 Å². The lowest BCUT2D eigenvalue weighted by Crippen LogP contribution is -1.95. The molecule has 0 bridgehead atoms. The van der Waals surface area contributed by atoms with Crippen molar-refractivity contribution in [2.75, 3.05) is 0 Å². The Hall–Kier alpha value is -2.01. The van der Waals surface area contributed by atoms with Gasteiger partial charge in [0.2, 0.25) is 5.76 Å². The number of carbonyl (C=O) groups is 1. The monoisotopic (exact) mass is 207 g/mol. The van der Waals surface area contributed by atoms with Crippen LogP contribution in [0.5, 0.6) is 5.75 Å². The minimum absolute atomic E-state index is 0.0220. The van der Waals surface area contributed by atoms with Gasteiger partial charge in [0.15, 0.2) is 0 Å². The number of carboxylic acid groups (broad SMARTS) is 1. The lowest BCUT2D eigenvalue weighted by molar-refractivity contribution is 0.0665. The number of nitrogens with two attached hydrogens (primary N) is 1. The van der Waals surface area contributed by atoms with Crippen LogP contribution in [0, 0.1) is 0 Å². The van der Waals surface area contributed by atoms with E-state index in [9.17, 15) is 9.90 Å². The smallest absolute Gasteiger partial charge is 0.371 e. The summed E-state index contributed by atoms with van der Waals surface area (Å²) in [5.74, 6) is -1.39. The molecule has 1 heterocycles. The Morgan fingerprint density at radius 2 is 2.20 bits per heavy atom. The molecule has 0 atom stereocenters. The van der Waals surface area contributed by atoms with Gasteiger partial charge in [0.1, 0.15) is 11.3 Å². The minimum Gasteiger partial charge on any atom is -0.507 e. The molecule has 1 aromatic carbocycles. The molecule has 2 aromatic rings. The van der Waals surface area contributed by atoms with E-state index in [1.54, 1.807) is 12.1 Å². The molecule has 0 unspecified atom stereocenters. The molecule has 4 N–H and O–H groups in total. The summed E-state index contributed by atoms with van der Waals surface area (Å²) in [5.41, 5.74) is 6.29. The number of phenolic OH excluding ortho intramolecular Hbond substituents is 1. The third kappa shape index (κ3) is 1.42. The summed E-state index contributed by atoms with van der Waals surface area (Å²) in [4.78, 5) is 10.6. The highest BCUT2D eigenvalue weighted by atomic mass is 16.4. The van der Waals surface area contributed by atoms with Crippen LogP contribution in [-0.2, 0) is 6.54 Å². The summed E-state index contributed by atoms with van der Waals surface area (Å²) >= 11 is 0. The second-order valence-electron chi connectivity index (χ2n) is 3.11. The lowest BCUT2D eigenvalue weighted by atomic mass is 10.1. The number of fused-ring (bicyclic) bond motifs is 1. The average Bonchev–Trinajstić information content (AvgIpc) is 2.63. The summed E-state index contributed by atoms with van der Waals surface area (Å²) in [5, 5.41) is 18.8. The predicted octanol–water partition coefficient (Wildman–Crippen LogP) is 1.30. The molecule has 5 heteroatoms. The van der Waals surface area contributed by atoms with E-state index in [-0.39, 0.29) is 18.1 Å². The van der Waals surface area contributed by atoms with E-state index in [1.807, 2.05) is 0 Å². The summed E-state index contributed by atoms with van der Waals surface area (Å²) in [6.45, 7) is 0.190. The van der Waals surface area contributed by atoms with Gasteiger partial charge >= 0.3 is 5.97 Å². The molecule has 0 radical (unpaired) electrons. The van der Waals surface area contributed by atoms with Crippen LogP contribution in [0.3, 0.4) is 0 Å². The number of aromatic hydroxyl groups is 1. The van der Waals surface area contributed by atoms with Gasteiger partial charge in [-0.2, -0.15) is 0 Å². The van der Waals surface area contributed by atoms with Crippen molar-refractivity contribution in [2.45, 2.75) is 6.54 Å². The van der Waals surface area contributed by atoms with E-state index >= 15 is 0 Å². The van der Waals surface area contributed by atoms with Crippen molar-refractivity contribution in [3.8, 4) is 5.75 Å².